The zero-order valence-corrected chi connectivity index (χ0v) is 16.3. The number of nitrogens with zero attached hydrogens (tertiary/aromatic N) is 4. The normalized spacial score (nSPS) is 21.8. The second-order valence-corrected chi connectivity index (χ2v) is 8.21. The fraction of sp³-hybridized carbons (Fsp3) is 0.533. The summed E-state index contributed by atoms with van der Waals surface area (Å²) in [6, 6.07) is 4.17. The molecule has 0 radical (unpaired) electrons. The largest absolute Gasteiger partial charge is 0.307 e. The van der Waals surface area contributed by atoms with Gasteiger partial charge in [-0.3, -0.25) is 0 Å². The highest BCUT2D eigenvalue weighted by molar-refractivity contribution is 14.2. The van der Waals surface area contributed by atoms with Gasteiger partial charge in [0.05, 0.1) is 6.37 Å². The Labute approximate surface area is 146 Å². The van der Waals surface area contributed by atoms with Crippen LogP contribution in [0.15, 0.2) is 12.1 Å². The molecule has 2 aromatic rings. The molecule has 3 unspecified atom stereocenters. The Hall–Kier alpha value is -0.750. The zero-order valence-electron chi connectivity index (χ0n) is 13.1. The second kappa shape index (κ2) is 6.79. The number of aryl methyl sites for hydroxylation is 2. The minimum Gasteiger partial charge on any atom is -0.307 e. The molecule has 0 amide bonds. The maximum absolute atomic E-state index is 4.74. The van der Waals surface area contributed by atoms with Crippen LogP contribution in [0.5, 0.6) is 0 Å². The molecule has 1 fully saturated rings. The molecule has 3 atom stereocenters. The quantitative estimate of drug-likeness (QED) is 0.564. The first-order valence-electron chi connectivity index (χ1n) is 7.61. The lowest BCUT2D eigenvalue weighted by Gasteiger charge is -2.11. The number of hydrogen-bond acceptors (Lipinski definition) is 4. The third kappa shape index (κ3) is 3.59. The van der Waals surface area contributed by atoms with Crippen LogP contribution in [0.25, 0.3) is 0 Å². The lowest BCUT2D eigenvalue weighted by molar-refractivity contribution is 0.591. The van der Waals surface area contributed by atoms with Crippen LogP contribution in [0.3, 0.4) is 0 Å². The molecular formula is C15H21IN5P. The van der Waals surface area contributed by atoms with E-state index in [0.717, 1.165) is 23.1 Å². The Balaban J connectivity index is 1.82. The van der Waals surface area contributed by atoms with E-state index in [1.807, 2.05) is 17.4 Å². The summed E-state index contributed by atoms with van der Waals surface area (Å²) in [6.45, 7) is 6.42. The summed E-state index contributed by atoms with van der Waals surface area (Å²) in [6.07, 6.45) is 4.38. The summed E-state index contributed by atoms with van der Waals surface area (Å²) in [5, 5.41) is 7.79. The van der Waals surface area contributed by atoms with Crippen molar-refractivity contribution in [3.63, 3.8) is 0 Å². The van der Waals surface area contributed by atoms with Crippen molar-refractivity contribution in [2.24, 2.45) is 5.92 Å². The number of rotatable bonds is 4. The van der Waals surface area contributed by atoms with Gasteiger partial charge in [0.15, 0.2) is 5.82 Å². The lowest BCUT2D eigenvalue weighted by Crippen LogP contribution is -2.05. The molecule has 0 spiro atoms. The van der Waals surface area contributed by atoms with Gasteiger partial charge < -0.3 is 5.32 Å². The summed E-state index contributed by atoms with van der Waals surface area (Å²) < 4.78 is 1.98. The van der Waals surface area contributed by atoms with Crippen molar-refractivity contribution >= 4 is 40.2 Å². The van der Waals surface area contributed by atoms with Crippen LogP contribution >= 0.6 is 28.4 Å². The zero-order chi connectivity index (χ0) is 15.7. The average molecular weight is 429 g/mol. The Morgan fingerprint density at radius 1 is 1.27 bits per heavy atom. The van der Waals surface area contributed by atoms with Gasteiger partial charge >= 0.3 is 0 Å². The molecule has 0 aromatic carbocycles. The van der Waals surface area contributed by atoms with Crippen molar-refractivity contribution in [3.8, 4) is 0 Å². The molecule has 2 heterocycles. The number of hydrogen-bond donors (Lipinski definition) is 1. The molecule has 5 nitrogen and oxygen atoms in total. The highest BCUT2D eigenvalue weighted by Crippen LogP contribution is 2.37. The highest BCUT2D eigenvalue weighted by atomic mass is 127. The Morgan fingerprint density at radius 3 is 2.73 bits per heavy atom. The minimum atomic E-state index is 0.576. The molecule has 0 bridgehead atoms. The molecule has 3 rings (SSSR count). The van der Waals surface area contributed by atoms with Gasteiger partial charge in [0.25, 0.3) is 0 Å². The Kier molecular flexibility index (Phi) is 4.97. The second-order valence-electron chi connectivity index (χ2n) is 6.17. The van der Waals surface area contributed by atoms with Crippen LogP contribution in [0.2, 0.25) is 0 Å². The van der Waals surface area contributed by atoms with Gasteiger partial charge in [-0.2, -0.15) is 5.10 Å². The topological polar surface area (TPSA) is 55.6 Å². The van der Waals surface area contributed by atoms with Gasteiger partial charge in [-0.05, 0) is 60.7 Å². The Bertz CT molecular complexity index is 672. The monoisotopic (exact) mass is 429 g/mol. The molecular weight excluding hydrogens is 408 g/mol. The van der Waals surface area contributed by atoms with Gasteiger partial charge in [0.2, 0.25) is 5.95 Å². The van der Waals surface area contributed by atoms with E-state index in [1.54, 1.807) is 0 Å². The van der Waals surface area contributed by atoms with Crippen LogP contribution in [0.1, 0.15) is 49.2 Å². The summed E-state index contributed by atoms with van der Waals surface area (Å²) in [5.41, 5.74) is 3.33. The standard InChI is InChI=1S/C15H21IN5P/c1-9-4-5-12(6-9)13-7-10(2)17-15(18-13)19-14-8-11(3)21(20-14)22-16/h7-9,12,22H,4-6H2,1-3H3,(H,17,18,19,20). The molecule has 1 aliphatic rings. The SMILES string of the molecule is Cc1cc(C2CCC(C)C2)nc(Nc2cc(C)n(PI)n2)n1. The van der Waals surface area contributed by atoms with E-state index in [0.29, 0.717) is 18.2 Å². The van der Waals surface area contributed by atoms with Crippen LogP contribution < -0.4 is 5.32 Å². The molecule has 0 aliphatic heterocycles. The fourth-order valence-corrected chi connectivity index (χ4v) is 4.88. The molecule has 2 aromatic heterocycles. The summed E-state index contributed by atoms with van der Waals surface area (Å²) in [5.74, 6) is 2.86. The van der Waals surface area contributed by atoms with E-state index in [2.05, 4.69) is 57.4 Å². The van der Waals surface area contributed by atoms with Gasteiger partial charge in [-0.25, -0.2) is 14.4 Å². The van der Waals surface area contributed by atoms with Gasteiger partial charge in [0.1, 0.15) is 0 Å². The Morgan fingerprint density at radius 2 is 2.09 bits per heavy atom. The van der Waals surface area contributed by atoms with Gasteiger partial charge in [0, 0.05) is 29.1 Å². The number of halogens is 1. The molecule has 7 heteroatoms. The highest BCUT2D eigenvalue weighted by Gasteiger charge is 2.24. The smallest absolute Gasteiger partial charge is 0.228 e. The van der Waals surface area contributed by atoms with E-state index >= 15 is 0 Å². The average Bonchev–Trinajstić information content (AvgIpc) is 3.04. The summed E-state index contributed by atoms with van der Waals surface area (Å²) in [4.78, 5) is 9.25. The molecule has 1 aliphatic carbocycles. The fourth-order valence-electron chi connectivity index (χ4n) is 3.07. The summed E-state index contributed by atoms with van der Waals surface area (Å²) >= 11 is 2.33. The lowest BCUT2D eigenvalue weighted by atomic mass is 10.0. The molecule has 1 N–H and O–H groups in total. The van der Waals surface area contributed by atoms with Crippen LogP contribution in [0.4, 0.5) is 11.8 Å². The van der Waals surface area contributed by atoms with E-state index in [-0.39, 0.29) is 0 Å². The van der Waals surface area contributed by atoms with E-state index in [1.165, 1.54) is 25.0 Å². The van der Waals surface area contributed by atoms with Gasteiger partial charge in [-0.15, -0.1) is 0 Å². The van der Waals surface area contributed by atoms with Gasteiger partial charge in [-0.1, -0.05) is 13.3 Å². The van der Waals surface area contributed by atoms with Crippen molar-refractivity contribution in [2.45, 2.75) is 46.0 Å². The minimum absolute atomic E-state index is 0.576. The first-order chi connectivity index (χ1) is 10.5. The predicted octanol–water partition coefficient (Wildman–Crippen LogP) is 4.73. The number of aromatic nitrogens is 4. The third-order valence-electron chi connectivity index (χ3n) is 4.19. The molecule has 118 valence electrons. The first-order valence-corrected chi connectivity index (χ1v) is 11.7. The predicted molar refractivity (Wildman–Crippen MR) is 101 cm³/mol. The molecule has 0 saturated heterocycles. The van der Waals surface area contributed by atoms with Crippen LogP contribution in [-0.2, 0) is 0 Å². The molecule has 22 heavy (non-hydrogen) atoms. The van der Waals surface area contributed by atoms with Crippen molar-refractivity contribution in [2.75, 3.05) is 5.32 Å². The maximum Gasteiger partial charge on any atom is 0.228 e. The number of anilines is 2. The van der Waals surface area contributed by atoms with E-state index in [4.69, 9.17) is 4.98 Å². The first kappa shape index (κ1) is 16.1. The number of nitrogens with one attached hydrogen (secondary N) is 1. The maximum atomic E-state index is 4.74. The van der Waals surface area contributed by atoms with Crippen molar-refractivity contribution in [1.82, 2.24) is 19.5 Å². The van der Waals surface area contributed by atoms with Crippen molar-refractivity contribution in [1.29, 1.82) is 0 Å². The molecule has 1 saturated carbocycles. The van der Waals surface area contributed by atoms with Crippen LogP contribution in [-0.4, -0.2) is 19.5 Å². The summed E-state index contributed by atoms with van der Waals surface area (Å²) in [7, 11) is 0. The van der Waals surface area contributed by atoms with E-state index < -0.39 is 0 Å². The van der Waals surface area contributed by atoms with E-state index in [9.17, 15) is 0 Å². The van der Waals surface area contributed by atoms with Crippen molar-refractivity contribution in [3.05, 3.63) is 29.2 Å². The van der Waals surface area contributed by atoms with Crippen molar-refractivity contribution < 1.29 is 0 Å². The third-order valence-corrected chi connectivity index (χ3v) is 6.18. The van der Waals surface area contributed by atoms with Crippen LogP contribution in [0, 0.1) is 19.8 Å².